The number of anilines is 1. The number of piperidine rings is 1. The van der Waals surface area contributed by atoms with Crippen molar-refractivity contribution in [2.45, 2.75) is 31.7 Å². The van der Waals surface area contributed by atoms with E-state index >= 15 is 0 Å². The summed E-state index contributed by atoms with van der Waals surface area (Å²) < 4.78 is 0. The average Bonchev–Trinajstić information content (AvgIpc) is 3.19. The summed E-state index contributed by atoms with van der Waals surface area (Å²) >= 11 is 1.70. The molecule has 2 heterocycles. The lowest BCUT2D eigenvalue weighted by Crippen LogP contribution is -2.43. The number of rotatable bonds is 6. The molecule has 0 amide bonds. The molecule has 28 heavy (non-hydrogen) atoms. The van der Waals surface area contributed by atoms with Crippen molar-refractivity contribution in [3.05, 3.63) is 76.8 Å². The molecule has 2 aromatic carbocycles. The zero-order chi connectivity index (χ0) is 19.4. The van der Waals surface area contributed by atoms with Crippen molar-refractivity contribution < 1.29 is 5.11 Å². The number of likely N-dealkylation sites (tertiary alicyclic amines) is 1. The Morgan fingerprint density at radius 3 is 2.61 bits per heavy atom. The van der Waals surface area contributed by atoms with Crippen LogP contribution in [0.15, 0.2) is 60.0 Å². The summed E-state index contributed by atoms with van der Waals surface area (Å²) in [5, 5.41) is 16.3. The number of hydrogen-bond acceptors (Lipinski definition) is 5. The number of benzene rings is 2. The van der Waals surface area contributed by atoms with Gasteiger partial charge in [-0.25, -0.2) is 4.98 Å². The zero-order valence-corrected chi connectivity index (χ0v) is 17.1. The molecule has 1 aliphatic rings. The molecule has 4 rings (SSSR count). The van der Waals surface area contributed by atoms with E-state index < -0.39 is 0 Å². The van der Waals surface area contributed by atoms with Crippen LogP contribution in [0.4, 0.5) is 5.13 Å². The van der Waals surface area contributed by atoms with Gasteiger partial charge in [0, 0.05) is 23.9 Å². The molecule has 4 nitrogen and oxygen atoms in total. The van der Waals surface area contributed by atoms with Crippen LogP contribution in [0.2, 0.25) is 0 Å². The predicted molar refractivity (Wildman–Crippen MR) is 116 cm³/mol. The van der Waals surface area contributed by atoms with Gasteiger partial charge in [-0.05, 0) is 56.1 Å². The highest BCUT2D eigenvalue weighted by Gasteiger charge is 2.39. The summed E-state index contributed by atoms with van der Waals surface area (Å²) in [4.78, 5) is 7.43. The molecule has 5 heteroatoms. The first-order valence-corrected chi connectivity index (χ1v) is 10.8. The van der Waals surface area contributed by atoms with Crippen molar-refractivity contribution in [3.8, 4) is 5.75 Å². The van der Waals surface area contributed by atoms with Gasteiger partial charge in [-0.1, -0.05) is 42.5 Å². The molecule has 0 radical (unpaired) electrons. The summed E-state index contributed by atoms with van der Waals surface area (Å²) in [6.45, 7) is 5.90. The van der Waals surface area contributed by atoms with Gasteiger partial charge < -0.3 is 10.4 Å². The van der Waals surface area contributed by atoms with E-state index in [1.54, 1.807) is 17.4 Å². The maximum absolute atomic E-state index is 9.74. The number of aromatic nitrogens is 1. The Bertz CT molecular complexity index is 901. The van der Waals surface area contributed by atoms with E-state index in [0.717, 1.165) is 49.7 Å². The smallest absolute Gasteiger partial charge is 0.182 e. The van der Waals surface area contributed by atoms with Crippen LogP contribution in [0.5, 0.6) is 5.75 Å². The van der Waals surface area contributed by atoms with Crippen molar-refractivity contribution in [2.24, 2.45) is 0 Å². The number of thiazole rings is 1. The lowest BCUT2D eigenvalue weighted by atomic mass is 9.70. The third kappa shape index (κ3) is 3.91. The van der Waals surface area contributed by atoms with Gasteiger partial charge in [0.1, 0.15) is 5.75 Å². The standard InChI is InChI=1S/C23H27N3OS/c1-2-24-22-25-21(17-28-22)23(19-8-4-3-5-9-19)11-13-26(14-12-23)16-18-7-6-10-20(27)15-18/h3-10,15,17,27H,2,11-14,16H2,1H3,(H,24,25). The summed E-state index contributed by atoms with van der Waals surface area (Å²) in [7, 11) is 0. The molecule has 0 saturated carbocycles. The second-order valence-electron chi connectivity index (χ2n) is 7.46. The molecule has 1 aliphatic heterocycles. The van der Waals surface area contributed by atoms with Gasteiger partial charge in [-0.15, -0.1) is 11.3 Å². The van der Waals surface area contributed by atoms with Crippen molar-refractivity contribution in [1.82, 2.24) is 9.88 Å². The molecule has 0 aliphatic carbocycles. The maximum atomic E-state index is 9.74. The van der Waals surface area contributed by atoms with Crippen LogP contribution in [0.25, 0.3) is 0 Å². The number of aromatic hydroxyl groups is 1. The predicted octanol–water partition coefficient (Wildman–Crippen LogP) is 4.86. The fourth-order valence-electron chi connectivity index (χ4n) is 4.18. The molecule has 0 atom stereocenters. The molecule has 1 aromatic heterocycles. The first kappa shape index (κ1) is 19.0. The van der Waals surface area contributed by atoms with E-state index in [-0.39, 0.29) is 5.41 Å². The molecule has 1 fully saturated rings. The Morgan fingerprint density at radius 1 is 1.11 bits per heavy atom. The molecule has 0 bridgehead atoms. The van der Waals surface area contributed by atoms with E-state index in [4.69, 9.17) is 4.98 Å². The Labute approximate surface area is 170 Å². The minimum atomic E-state index is -0.0270. The van der Waals surface area contributed by atoms with Gasteiger partial charge in [-0.3, -0.25) is 4.90 Å². The normalized spacial score (nSPS) is 16.8. The second kappa shape index (κ2) is 8.33. The van der Waals surface area contributed by atoms with Crippen LogP contribution in [0.3, 0.4) is 0 Å². The van der Waals surface area contributed by atoms with Crippen molar-refractivity contribution in [3.63, 3.8) is 0 Å². The SMILES string of the molecule is CCNc1nc(C2(c3ccccc3)CCN(Cc3cccc(O)c3)CC2)cs1. The van der Waals surface area contributed by atoms with Gasteiger partial charge >= 0.3 is 0 Å². The van der Waals surface area contributed by atoms with E-state index in [2.05, 4.69) is 58.9 Å². The highest BCUT2D eigenvalue weighted by atomic mass is 32.1. The first-order chi connectivity index (χ1) is 13.7. The van der Waals surface area contributed by atoms with E-state index in [0.29, 0.717) is 5.75 Å². The lowest BCUT2D eigenvalue weighted by molar-refractivity contribution is 0.170. The third-order valence-electron chi connectivity index (χ3n) is 5.68. The minimum Gasteiger partial charge on any atom is -0.508 e. The van der Waals surface area contributed by atoms with E-state index in [9.17, 15) is 5.11 Å². The number of phenolic OH excluding ortho intramolecular Hbond substituents is 1. The first-order valence-electron chi connectivity index (χ1n) is 9.95. The van der Waals surface area contributed by atoms with Crippen LogP contribution in [-0.2, 0) is 12.0 Å². The number of hydrogen-bond donors (Lipinski definition) is 2. The largest absolute Gasteiger partial charge is 0.508 e. The van der Waals surface area contributed by atoms with Gasteiger partial charge in [0.15, 0.2) is 5.13 Å². The van der Waals surface area contributed by atoms with Crippen molar-refractivity contribution in [1.29, 1.82) is 0 Å². The fraction of sp³-hybridized carbons (Fsp3) is 0.348. The highest BCUT2D eigenvalue weighted by molar-refractivity contribution is 7.13. The molecule has 2 N–H and O–H groups in total. The molecule has 3 aromatic rings. The topological polar surface area (TPSA) is 48.4 Å². The van der Waals surface area contributed by atoms with Gasteiger partial charge in [0.25, 0.3) is 0 Å². The molecular weight excluding hydrogens is 366 g/mol. The van der Waals surface area contributed by atoms with Crippen molar-refractivity contribution >= 4 is 16.5 Å². The molecule has 0 unspecified atom stereocenters. The summed E-state index contributed by atoms with van der Waals surface area (Å²) in [6, 6.07) is 18.4. The Balaban J connectivity index is 1.56. The van der Waals surface area contributed by atoms with Gasteiger partial charge in [0.05, 0.1) is 5.69 Å². The minimum absolute atomic E-state index is 0.0270. The summed E-state index contributed by atoms with van der Waals surface area (Å²) in [5.41, 5.74) is 3.69. The van der Waals surface area contributed by atoms with Crippen LogP contribution >= 0.6 is 11.3 Å². The molecule has 0 spiro atoms. The Morgan fingerprint density at radius 2 is 1.89 bits per heavy atom. The zero-order valence-electron chi connectivity index (χ0n) is 16.3. The fourth-order valence-corrected chi connectivity index (χ4v) is 5.06. The highest BCUT2D eigenvalue weighted by Crippen LogP contribution is 2.42. The average molecular weight is 394 g/mol. The van der Waals surface area contributed by atoms with Crippen LogP contribution in [0, 0.1) is 0 Å². The maximum Gasteiger partial charge on any atom is 0.182 e. The van der Waals surface area contributed by atoms with Crippen LogP contribution in [0.1, 0.15) is 36.6 Å². The molecular formula is C23H27N3OS. The summed E-state index contributed by atoms with van der Waals surface area (Å²) in [5.74, 6) is 0.339. The number of phenols is 1. The van der Waals surface area contributed by atoms with Crippen LogP contribution in [-0.4, -0.2) is 34.6 Å². The van der Waals surface area contributed by atoms with Crippen molar-refractivity contribution in [2.75, 3.05) is 25.0 Å². The van der Waals surface area contributed by atoms with E-state index in [1.807, 2.05) is 12.1 Å². The van der Waals surface area contributed by atoms with Gasteiger partial charge in [0.2, 0.25) is 0 Å². The Kier molecular flexibility index (Phi) is 5.64. The third-order valence-corrected chi connectivity index (χ3v) is 6.48. The quantitative estimate of drug-likeness (QED) is 0.628. The Hall–Kier alpha value is -2.37. The van der Waals surface area contributed by atoms with Crippen LogP contribution < -0.4 is 5.32 Å². The lowest BCUT2D eigenvalue weighted by Gasteiger charge is -2.41. The monoisotopic (exact) mass is 393 g/mol. The second-order valence-corrected chi connectivity index (χ2v) is 8.32. The number of nitrogens with zero attached hydrogens (tertiary/aromatic N) is 2. The summed E-state index contributed by atoms with van der Waals surface area (Å²) in [6.07, 6.45) is 2.09. The number of nitrogens with one attached hydrogen (secondary N) is 1. The van der Waals surface area contributed by atoms with E-state index in [1.165, 1.54) is 11.3 Å². The molecule has 1 saturated heterocycles. The van der Waals surface area contributed by atoms with Gasteiger partial charge in [-0.2, -0.15) is 0 Å². The molecule has 146 valence electrons.